The van der Waals surface area contributed by atoms with E-state index >= 15 is 0 Å². The fourth-order valence-corrected chi connectivity index (χ4v) is 2.66. The summed E-state index contributed by atoms with van der Waals surface area (Å²) in [5.74, 6) is 0.640. The van der Waals surface area contributed by atoms with Crippen LogP contribution in [0.15, 0.2) is 54.7 Å². The van der Waals surface area contributed by atoms with Crippen molar-refractivity contribution in [2.75, 3.05) is 7.11 Å². The Kier molecular flexibility index (Phi) is 2.03. The van der Waals surface area contributed by atoms with Gasteiger partial charge < -0.3 is 4.74 Å². The zero-order valence-electron chi connectivity index (χ0n) is 10.5. The smallest absolute Gasteiger partial charge is 0.232 e. The molecule has 0 N–H and O–H groups in total. The summed E-state index contributed by atoms with van der Waals surface area (Å²) in [6, 6.07) is 16.7. The molecule has 0 spiro atoms. The van der Waals surface area contributed by atoms with Crippen molar-refractivity contribution in [2.24, 2.45) is 0 Å². The minimum atomic E-state index is 0.640. The maximum atomic E-state index is 5.27. The van der Waals surface area contributed by atoms with Crippen molar-refractivity contribution in [1.29, 1.82) is 0 Å². The lowest BCUT2D eigenvalue weighted by Gasteiger charge is -2.06. The highest BCUT2D eigenvalue weighted by atomic mass is 16.5. The van der Waals surface area contributed by atoms with Crippen LogP contribution < -0.4 is 4.74 Å². The molecule has 0 bridgehead atoms. The molecule has 0 radical (unpaired) electrons. The van der Waals surface area contributed by atoms with E-state index in [1.54, 1.807) is 7.11 Å². The molecule has 0 saturated heterocycles. The zero-order valence-corrected chi connectivity index (χ0v) is 10.5. The third-order valence-electron chi connectivity index (χ3n) is 3.51. The van der Waals surface area contributed by atoms with E-state index in [1.807, 2.05) is 18.3 Å². The van der Waals surface area contributed by atoms with Crippen LogP contribution in [-0.4, -0.2) is 16.5 Å². The van der Waals surface area contributed by atoms with E-state index in [1.165, 1.54) is 10.8 Å². The van der Waals surface area contributed by atoms with Gasteiger partial charge in [-0.25, -0.2) is 0 Å². The predicted octanol–water partition coefficient (Wildman–Crippen LogP) is 3.65. The molecule has 0 unspecified atom stereocenters. The number of benzene rings is 2. The van der Waals surface area contributed by atoms with E-state index in [0.29, 0.717) is 5.88 Å². The van der Waals surface area contributed by atoms with E-state index in [-0.39, 0.29) is 0 Å². The van der Waals surface area contributed by atoms with Gasteiger partial charge in [-0.15, -0.1) is 0 Å². The molecule has 2 heterocycles. The van der Waals surface area contributed by atoms with Gasteiger partial charge in [0.25, 0.3) is 0 Å². The molecule has 0 aliphatic carbocycles. The average molecular weight is 248 g/mol. The van der Waals surface area contributed by atoms with Crippen LogP contribution >= 0.6 is 0 Å². The summed E-state index contributed by atoms with van der Waals surface area (Å²) >= 11 is 0. The van der Waals surface area contributed by atoms with Crippen LogP contribution in [0.4, 0.5) is 0 Å². The highest BCUT2D eigenvalue weighted by Gasteiger charge is 2.10. The average Bonchev–Trinajstić information content (AvgIpc) is 2.92. The Balaban J connectivity index is 2.37. The first kappa shape index (κ1) is 10.4. The first-order chi connectivity index (χ1) is 9.38. The lowest BCUT2D eigenvalue weighted by Crippen LogP contribution is -1.89. The summed E-state index contributed by atoms with van der Waals surface area (Å²) in [4.78, 5) is 4.55. The summed E-state index contributed by atoms with van der Waals surface area (Å²) in [7, 11) is 1.64. The van der Waals surface area contributed by atoms with Crippen LogP contribution in [0.25, 0.3) is 27.3 Å². The molecule has 4 rings (SSSR count). The highest BCUT2D eigenvalue weighted by molar-refractivity contribution is 6.11. The molecule has 2 aromatic heterocycles. The van der Waals surface area contributed by atoms with Crippen molar-refractivity contribution < 1.29 is 4.74 Å². The number of para-hydroxylation sites is 1. The molecule has 3 heteroatoms. The normalized spacial score (nSPS) is 11.4. The van der Waals surface area contributed by atoms with E-state index in [2.05, 4.69) is 45.8 Å². The number of rotatable bonds is 1. The fourth-order valence-electron chi connectivity index (χ4n) is 2.66. The summed E-state index contributed by atoms with van der Waals surface area (Å²) < 4.78 is 7.36. The number of methoxy groups -OCH3 is 1. The van der Waals surface area contributed by atoms with Crippen LogP contribution in [0.2, 0.25) is 0 Å². The monoisotopic (exact) mass is 248 g/mol. The van der Waals surface area contributed by atoms with Crippen LogP contribution in [0.5, 0.6) is 5.88 Å². The molecule has 0 saturated carbocycles. The van der Waals surface area contributed by atoms with Gasteiger partial charge in [0.2, 0.25) is 5.88 Å². The molecule has 0 amide bonds. The molecule has 92 valence electrons. The lowest BCUT2D eigenvalue weighted by atomic mass is 10.1. The Morgan fingerprint density at radius 1 is 0.895 bits per heavy atom. The number of imidazole rings is 1. The van der Waals surface area contributed by atoms with Crippen LogP contribution in [0.1, 0.15) is 0 Å². The first-order valence-electron chi connectivity index (χ1n) is 6.21. The summed E-state index contributed by atoms with van der Waals surface area (Å²) in [6.45, 7) is 0. The Labute approximate surface area is 110 Å². The molecule has 2 aromatic carbocycles. The first-order valence-corrected chi connectivity index (χ1v) is 6.21. The lowest BCUT2D eigenvalue weighted by molar-refractivity contribution is 0.400. The molecule has 3 nitrogen and oxygen atoms in total. The van der Waals surface area contributed by atoms with Crippen molar-refractivity contribution in [1.82, 2.24) is 9.38 Å². The Hall–Kier alpha value is -2.55. The van der Waals surface area contributed by atoms with Gasteiger partial charge in [0.1, 0.15) is 5.65 Å². The van der Waals surface area contributed by atoms with Crippen molar-refractivity contribution in [3.8, 4) is 5.88 Å². The molecular weight excluding hydrogens is 236 g/mol. The van der Waals surface area contributed by atoms with E-state index in [0.717, 1.165) is 16.6 Å². The molecule has 0 atom stereocenters. The second-order valence-corrected chi connectivity index (χ2v) is 4.54. The van der Waals surface area contributed by atoms with Gasteiger partial charge in [-0.05, 0) is 11.5 Å². The SMILES string of the molecule is COc1cn2c3ccccc3c3ccccc3c2n1. The van der Waals surface area contributed by atoms with Crippen LogP contribution in [-0.2, 0) is 0 Å². The fraction of sp³-hybridized carbons (Fsp3) is 0.0625. The second-order valence-electron chi connectivity index (χ2n) is 4.54. The zero-order chi connectivity index (χ0) is 12.8. The topological polar surface area (TPSA) is 26.5 Å². The van der Waals surface area contributed by atoms with Gasteiger partial charge in [-0.1, -0.05) is 42.5 Å². The maximum absolute atomic E-state index is 5.27. The third kappa shape index (κ3) is 1.35. The van der Waals surface area contributed by atoms with Crippen molar-refractivity contribution in [3.63, 3.8) is 0 Å². The predicted molar refractivity (Wildman–Crippen MR) is 76.8 cm³/mol. The second kappa shape index (κ2) is 3.72. The number of pyridine rings is 1. The molecule has 0 aliphatic heterocycles. The van der Waals surface area contributed by atoms with Gasteiger partial charge >= 0.3 is 0 Å². The molecule has 4 aromatic rings. The number of hydrogen-bond donors (Lipinski definition) is 0. The van der Waals surface area contributed by atoms with Crippen molar-refractivity contribution in [2.45, 2.75) is 0 Å². The van der Waals surface area contributed by atoms with Gasteiger partial charge in [-0.3, -0.25) is 4.40 Å². The summed E-state index contributed by atoms with van der Waals surface area (Å²) in [6.07, 6.45) is 1.93. The van der Waals surface area contributed by atoms with Gasteiger partial charge in [0, 0.05) is 10.8 Å². The Morgan fingerprint density at radius 3 is 2.37 bits per heavy atom. The third-order valence-corrected chi connectivity index (χ3v) is 3.51. The number of aromatic nitrogens is 2. The standard InChI is InChI=1S/C16H12N2O/c1-19-15-10-18-14-9-5-4-7-12(14)11-6-2-3-8-13(11)16(18)17-15/h2-10H,1H3. The van der Waals surface area contributed by atoms with Crippen LogP contribution in [0.3, 0.4) is 0 Å². The summed E-state index contributed by atoms with van der Waals surface area (Å²) in [5, 5.41) is 3.59. The largest absolute Gasteiger partial charge is 0.480 e. The minimum absolute atomic E-state index is 0.640. The van der Waals surface area contributed by atoms with E-state index < -0.39 is 0 Å². The quantitative estimate of drug-likeness (QED) is 0.481. The van der Waals surface area contributed by atoms with Crippen molar-refractivity contribution >= 4 is 27.3 Å². The number of fused-ring (bicyclic) bond motifs is 6. The molecule has 19 heavy (non-hydrogen) atoms. The minimum Gasteiger partial charge on any atom is -0.480 e. The maximum Gasteiger partial charge on any atom is 0.232 e. The number of ether oxygens (including phenoxy) is 1. The number of hydrogen-bond acceptors (Lipinski definition) is 2. The van der Waals surface area contributed by atoms with Gasteiger partial charge in [0.15, 0.2) is 0 Å². The Bertz CT molecular complexity index is 836. The van der Waals surface area contributed by atoms with E-state index in [9.17, 15) is 0 Å². The molecular formula is C16H12N2O. The van der Waals surface area contributed by atoms with Crippen LogP contribution in [0, 0.1) is 0 Å². The molecule has 0 aliphatic rings. The summed E-state index contributed by atoms with van der Waals surface area (Å²) in [5.41, 5.74) is 2.08. The van der Waals surface area contributed by atoms with E-state index in [4.69, 9.17) is 4.74 Å². The molecule has 0 fully saturated rings. The van der Waals surface area contributed by atoms with Gasteiger partial charge in [0.05, 0.1) is 18.8 Å². The highest BCUT2D eigenvalue weighted by Crippen LogP contribution is 2.30. The van der Waals surface area contributed by atoms with Crippen molar-refractivity contribution in [3.05, 3.63) is 54.7 Å². The van der Waals surface area contributed by atoms with Gasteiger partial charge in [-0.2, -0.15) is 4.98 Å². The Morgan fingerprint density at radius 2 is 1.58 bits per heavy atom. The number of nitrogens with zero attached hydrogens (tertiary/aromatic N) is 2.